The van der Waals surface area contributed by atoms with Gasteiger partial charge in [0.05, 0.1) is 24.9 Å². The molecule has 0 bridgehead atoms. The molecule has 1 aliphatic heterocycles. The topological polar surface area (TPSA) is 130 Å². The third kappa shape index (κ3) is 6.62. The molecule has 1 aliphatic rings. The lowest BCUT2D eigenvalue weighted by molar-refractivity contribution is -0.149. The van der Waals surface area contributed by atoms with Crippen LogP contribution in [0.4, 0.5) is 4.79 Å². The number of carbonyl (C=O) groups is 3. The Morgan fingerprint density at radius 1 is 1.15 bits per heavy atom. The lowest BCUT2D eigenvalue weighted by atomic mass is 10.0. The molecule has 1 aromatic heterocycles. The molecule has 4 rings (SSSR count). The second-order valence-electron chi connectivity index (χ2n) is 9.95. The number of carbonyl (C=O) groups excluding carboxylic acids is 2. The van der Waals surface area contributed by atoms with Crippen LogP contribution >= 0.6 is 0 Å². The number of aromatic nitrogens is 1. The van der Waals surface area contributed by atoms with E-state index in [-0.39, 0.29) is 6.61 Å². The molecular weight excluding hydrogens is 512 g/mol. The van der Waals surface area contributed by atoms with E-state index in [2.05, 4.69) is 10.6 Å². The first kappa shape index (κ1) is 28.7. The van der Waals surface area contributed by atoms with Crippen LogP contribution in [0.3, 0.4) is 0 Å². The van der Waals surface area contributed by atoms with Crippen molar-refractivity contribution < 1.29 is 29.0 Å². The van der Waals surface area contributed by atoms with E-state index in [1.165, 1.54) is 4.90 Å². The Balaban J connectivity index is 1.61. The minimum atomic E-state index is -1.05. The van der Waals surface area contributed by atoms with Crippen LogP contribution in [0.15, 0.2) is 54.6 Å². The first-order valence-corrected chi connectivity index (χ1v) is 13.6. The van der Waals surface area contributed by atoms with E-state index < -0.39 is 35.9 Å². The number of urea groups is 1. The number of hydrogen-bond donors (Lipinski definition) is 3. The van der Waals surface area contributed by atoms with Gasteiger partial charge in [0.2, 0.25) is 5.91 Å². The summed E-state index contributed by atoms with van der Waals surface area (Å²) in [5.74, 6) is -0.713. The highest BCUT2D eigenvalue weighted by atomic mass is 16.5. The molecule has 1 fully saturated rings. The van der Waals surface area contributed by atoms with E-state index in [0.717, 1.165) is 23.1 Å². The van der Waals surface area contributed by atoms with Crippen LogP contribution in [0.25, 0.3) is 22.2 Å². The van der Waals surface area contributed by atoms with Crippen LogP contribution < -0.4 is 20.1 Å². The fourth-order valence-corrected chi connectivity index (χ4v) is 4.84. The SMILES string of the molecule is CCCNC(=O)NC(C(=O)N1CCCC1C(=O)O)C(C)COc1cc(-c2ccccc2)nc2cc(OC)ccc12. The Bertz CT molecular complexity index is 1350. The maximum Gasteiger partial charge on any atom is 0.326 e. The van der Waals surface area contributed by atoms with Crippen LogP contribution in [-0.4, -0.2) is 71.8 Å². The molecule has 212 valence electrons. The summed E-state index contributed by atoms with van der Waals surface area (Å²) in [6.45, 7) is 4.61. The van der Waals surface area contributed by atoms with Gasteiger partial charge in [0.1, 0.15) is 23.6 Å². The number of nitrogens with zero attached hydrogens (tertiary/aromatic N) is 2. The predicted octanol–water partition coefficient (Wildman–Crippen LogP) is 4.08. The molecule has 0 radical (unpaired) electrons. The van der Waals surface area contributed by atoms with Crippen molar-refractivity contribution in [1.82, 2.24) is 20.5 Å². The van der Waals surface area contributed by atoms with Gasteiger partial charge >= 0.3 is 12.0 Å². The molecule has 0 spiro atoms. The van der Waals surface area contributed by atoms with Gasteiger partial charge in [-0.1, -0.05) is 44.2 Å². The Kier molecular flexibility index (Phi) is 9.42. The number of fused-ring (bicyclic) bond motifs is 1. The zero-order valence-electron chi connectivity index (χ0n) is 23.1. The quantitative estimate of drug-likeness (QED) is 0.329. The third-order valence-corrected chi connectivity index (χ3v) is 7.03. The molecule has 2 heterocycles. The van der Waals surface area contributed by atoms with Gasteiger partial charge in [0.15, 0.2) is 0 Å². The van der Waals surface area contributed by atoms with Gasteiger partial charge in [0.25, 0.3) is 0 Å². The van der Waals surface area contributed by atoms with E-state index in [0.29, 0.717) is 42.9 Å². The number of nitrogens with one attached hydrogen (secondary N) is 2. The second kappa shape index (κ2) is 13.1. The molecular formula is C30H36N4O6. The van der Waals surface area contributed by atoms with E-state index in [1.807, 2.05) is 61.5 Å². The van der Waals surface area contributed by atoms with Crippen molar-refractivity contribution in [2.45, 2.75) is 45.2 Å². The molecule has 10 nitrogen and oxygen atoms in total. The van der Waals surface area contributed by atoms with Crippen molar-refractivity contribution in [3.63, 3.8) is 0 Å². The molecule has 40 heavy (non-hydrogen) atoms. The summed E-state index contributed by atoms with van der Waals surface area (Å²) in [5, 5.41) is 15.9. The van der Waals surface area contributed by atoms with E-state index in [9.17, 15) is 19.5 Å². The number of benzene rings is 2. The highest BCUT2D eigenvalue weighted by molar-refractivity contribution is 5.91. The average Bonchev–Trinajstić information content (AvgIpc) is 3.47. The number of likely N-dealkylation sites (tertiary alicyclic amines) is 1. The standard InChI is InChI=1S/C30H36N4O6/c1-4-14-31-30(38)33-27(28(35)34-15-8-11-25(34)29(36)37)19(2)18-40-26-17-23(20-9-6-5-7-10-20)32-24-16-21(39-3)12-13-22(24)26/h5-7,9-10,12-13,16-17,19,25,27H,4,8,11,14-15,18H2,1-3H3,(H,36,37)(H2,31,33,38). The van der Waals surface area contributed by atoms with Gasteiger partial charge in [-0.05, 0) is 31.4 Å². The van der Waals surface area contributed by atoms with Gasteiger partial charge in [-0.2, -0.15) is 0 Å². The predicted molar refractivity (Wildman–Crippen MR) is 151 cm³/mol. The van der Waals surface area contributed by atoms with Gasteiger partial charge in [-0.3, -0.25) is 4.79 Å². The van der Waals surface area contributed by atoms with Crippen LogP contribution in [0, 0.1) is 5.92 Å². The Morgan fingerprint density at radius 2 is 1.93 bits per heavy atom. The minimum Gasteiger partial charge on any atom is -0.497 e. The molecule has 3 amide bonds. The third-order valence-electron chi connectivity index (χ3n) is 7.03. The average molecular weight is 549 g/mol. The molecule has 3 aromatic rings. The first-order valence-electron chi connectivity index (χ1n) is 13.6. The van der Waals surface area contributed by atoms with Crippen molar-refractivity contribution in [2.24, 2.45) is 5.92 Å². The second-order valence-corrected chi connectivity index (χ2v) is 9.95. The largest absolute Gasteiger partial charge is 0.497 e. The van der Waals surface area contributed by atoms with E-state index in [1.54, 1.807) is 14.0 Å². The van der Waals surface area contributed by atoms with Gasteiger partial charge < -0.3 is 30.1 Å². The maximum absolute atomic E-state index is 13.6. The summed E-state index contributed by atoms with van der Waals surface area (Å²) in [6.07, 6.45) is 1.72. The van der Waals surface area contributed by atoms with Crippen LogP contribution in [0.1, 0.15) is 33.1 Å². The fraction of sp³-hybridized carbons (Fsp3) is 0.400. The van der Waals surface area contributed by atoms with Crippen LogP contribution in [0.2, 0.25) is 0 Å². The first-order chi connectivity index (χ1) is 19.3. The molecule has 3 atom stereocenters. The number of carboxylic acid groups (broad SMARTS) is 1. The number of ether oxygens (including phenoxy) is 2. The molecule has 1 saturated heterocycles. The molecule has 0 aliphatic carbocycles. The molecule has 3 N–H and O–H groups in total. The van der Waals surface area contributed by atoms with Gasteiger partial charge in [0, 0.05) is 42.1 Å². The van der Waals surface area contributed by atoms with Gasteiger partial charge in [-0.25, -0.2) is 14.6 Å². The molecule has 0 saturated carbocycles. The molecule has 3 unspecified atom stereocenters. The number of pyridine rings is 1. The Hall–Kier alpha value is -4.34. The number of aliphatic carboxylic acids is 1. The number of carboxylic acids is 1. The summed E-state index contributed by atoms with van der Waals surface area (Å²) >= 11 is 0. The number of methoxy groups -OCH3 is 1. The lowest BCUT2D eigenvalue weighted by Gasteiger charge is -2.30. The zero-order chi connectivity index (χ0) is 28.6. The molecule has 2 aromatic carbocycles. The van der Waals surface area contributed by atoms with Crippen LogP contribution in [0.5, 0.6) is 11.5 Å². The summed E-state index contributed by atoms with van der Waals surface area (Å²) in [7, 11) is 1.59. The lowest BCUT2D eigenvalue weighted by Crippen LogP contribution is -2.56. The van der Waals surface area contributed by atoms with E-state index >= 15 is 0 Å². The summed E-state index contributed by atoms with van der Waals surface area (Å²) < 4.78 is 11.7. The monoisotopic (exact) mass is 548 g/mol. The van der Waals surface area contributed by atoms with Crippen molar-refractivity contribution in [3.05, 3.63) is 54.6 Å². The number of amides is 3. The maximum atomic E-state index is 13.6. The van der Waals surface area contributed by atoms with E-state index in [4.69, 9.17) is 14.5 Å². The summed E-state index contributed by atoms with van der Waals surface area (Å²) in [4.78, 5) is 44.1. The minimum absolute atomic E-state index is 0.0927. The van der Waals surface area contributed by atoms with Gasteiger partial charge in [-0.15, -0.1) is 0 Å². The summed E-state index contributed by atoms with van der Waals surface area (Å²) in [5.41, 5.74) is 2.32. The van der Waals surface area contributed by atoms with Crippen LogP contribution in [-0.2, 0) is 9.59 Å². The summed E-state index contributed by atoms with van der Waals surface area (Å²) in [6, 6.07) is 14.8. The Morgan fingerprint density at radius 3 is 2.62 bits per heavy atom. The highest BCUT2D eigenvalue weighted by Crippen LogP contribution is 2.32. The highest BCUT2D eigenvalue weighted by Gasteiger charge is 2.39. The zero-order valence-corrected chi connectivity index (χ0v) is 23.1. The number of hydrogen-bond acceptors (Lipinski definition) is 6. The van der Waals surface area contributed by atoms with Crippen molar-refractivity contribution >= 4 is 28.8 Å². The van der Waals surface area contributed by atoms with Crippen molar-refractivity contribution in [1.29, 1.82) is 0 Å². The van der Waals surface area contributed by atoms with Crippen molar-refractivity contribution in [3.8, 4) is 22.8 Å². The smallest absolute Gasteiger partial charge is 0.326 e. The molecule has 10 heteroatoms. The van der Waals surface area contributed by atoms with Crippen molar-refractivity contribution in [2.75, 3.05) is 26.8 Å². The Labute approximate surface area is 233 Å². The number of rotatable bonds is 11. The normalized spacial score (nSPS) is 16.3. The fourth-order valence-electron chi connectivity index (χ4n) is 4.84.